The summed E-state index contributed by atoms with van der Waals surface area (Å²) in [6, 6.07) is 13.6. The normalized spacial score (nSPS) is 21.3. The molecule has 4 amide bonds. The fraction of sp³-hybridized carbons (Fsp3) is 0.276. The molecule has 2 aromatic heterocycles. The van der Waals surface area contributed by atoms with Gasteiger partial charge in [-0.3, -0.25) is 14.5 Å². The summed E-state index contributed by atoms with van der Waals surface area (Å²) < 4.78 is 5.86. The molecule has 3 aromatic rings. The number of piperidine rings is 1. The molecule has 204 valence electrons. The molecule has 1 aromatic carbocycles. The van der Waals surface area contributed by atoms with E-state index in [9.17, 15) is 14.4 Å². The fourth-order valence-corrected chi connectivity index (χ4v) is 6.64. The molecule has 40 heavy (non-hydrogen) atoms. The van der Waals surface area contributed by atoms with Crippen LogP contribution in [0, 0.1) is 6.92 Å². The highest BCUT2D eigenvalue weighted by atomic mass is 32.2. The summed E-state index contributed by atoms with van der Waals surface area (Å²) in [6.07, 6.45) is 4.53. The lowest BCUT2D eigenvalue weighted by molar-refractivity contribution is -0.129. The van der Waals surface area contributed by atoms with Crippen molar-refractivity contribution >= 4 is 41.0 Å². The number of nitrogens with one attached hydrogen (secondary N) is 2. The van der Waals surface area contributed by atoms with Crippen molar-refractivity contribution < 1.29 is 19.1 Å². The van der Waals surface area contributed by atoms with E-state index in [1.165, 1.54) is 17.8 Å². The number of likely N-dealkylation sites (tertiary alicyclic amines) is 1. The Balaban J connectivity index is 1.23. The number of pyridine rings is 2. The SMILES string of the molecule is C=CC(=O)N1CCCC(NC(=O)[C@@H]2Sc3nccc4c3C2NC(=O)N4c2ccc(Oc3ccccc3)nc2C)C1. The highest BCUT2D eigenvalue weighted by molar-refractivity contribution is 8.01. The van der Waals surface area contributed by atoms with Gasteiger partial charge in [-0.05, 0) is 50.1 Å². The third-order valence-electron chi connectivity index (χ3n) is 7.26. The zero-order valence-corrected chi connectivity index (χ0v) is 22.7. The van der Waals surface area contributed by atoms with Crippen LogP contribution in [-0.4, -0.2) is 57.1 Å². The van der Waals surface area contributed by atoms with Crippen LogP contribution in [0.1, 0.15) is 30.1 Å². The molecular weight excluding hydrogens is 528 g/mol. The molecule has 3 atom stereocenters. The average molecular weight is 557 g/mol. The summed E-state index contributed by atoms with van der Waals surface area (Å²) in [5, 5.41) is 6.26. The molecule has 0 aliphatic carbocycles. The topological polar surface area (TPSA) is 117 Å². The van der Waals surface area contributed by atoms with Gasteiger partial charge in [-0.1, -0.05) is 36.5 Å². The smallest absolute Gasteiger partial charge is 0.327 e. The van der Waals surface area contributed by atoms with Gasteiger partial charge in [-0.15, -0.1) is 0 Å². The molecule has 2 unspecified atom stereocenters. The maximum Gasteiger partial charge on any atom is 0.327 e. The molecular formula is C29H28N6O4S. The van der Waals surface area contributed by atoms with Crippen molar-refractivity contribution in [1.82, 2.24) is 25.5 Å². The monoisotopic (exact) mass is 556 g/mol. The number of hydrogen-bond donors (Lipinski definition) is 2. The number of urea groups is 1. The number of thioether (sulfide) groups is 1. The molecule has 3 aliphatic heterocycles. The first-order valence-electron chi connectivity index (χ1n) is 13.1. The second kappa shape index (κ2) is 10.6. The first-order chi connectivity index (χ1) is 19.4. The van der Waals surface area contributed by atoms with Crippen LogP contribution in [0.25, 0.3) is 0 Å². The lowest BCUT2D eigenvalue weighted by Crippen LogP contribution is -2.53. The predicted molar refractivity (Wildman–Crippen MR) is 151 cm³/mol. The van der Waals surface area contributed by atoms with Crippen molar-refractivity contribution in [1.29, 1.82) is 0 Å². The predicted octanol–water partition coefficient (Wildman–Crippen LogP) is 4.25. The number of carbonyl (C=O) groups excluding carboxylic acids is 3. The molecule has 2 N–H and O–H groups in total. The molecule has 6 rings (SSSR count). The van der Waals surface area contributed by atoms with Gasteiger partial charge in [0.15, 0.2) is 0 Å². The quantitative estimate of drug-likeness (QED) is 0.436. The molecule has 0 radical (unpaired) electrons. The number of aryl methyl sites for hydroxylation is 1. The van der Waals surface area contributed by atoms with Crippen molar-refractivity contribution in [3.63, 3.8) is 0 Å². The van der Waals surface area contributed by atoms with E-state index in [-0.39, 0.29) is 23.9 Å². The van der Waals surface area contributed by atoms with E-state index in [0.29, 0.717) is 46.8 Å². The number of carbonyl (C=O) groups is 3. The second-order valence-electron chi connectivity index (χ2n) is 9.86. The second-order valence-corrected chi connectivity index (χ2v) is 11.0. The molecule has 0 saturated carbocycles. The summed E-state index contributed by atoms with van der Waals surface area (Å²) in [7, 11) is 0. The van der Waals surface area contributed by atoms with Crippen LogP contribution in [0.15, 0.2) is 72.4 Å². The molecule has 5 heterocycles. The largest absolute Gasteiger partial charge is 0.439 e. The Labute approximate surface area is 235 Å². The number of para-hydroxylation sites is 1. The van der Waals surface area contributed by atoms with Crippen molar-refractivity contribution in [2.24, 2.45) is 0 Å². The number of nitrogens with zero attached hydrogens (tertiary/aromatic N) is 4. The van der Waals surface area contributed by atoms with Gasteiger partial charge in [0.2, 0.25) is 17.7 Å². The van der Waals surface area contributed by atoms with Crippen molar-refractivity contribution in [3.8, 4) is 11.6 Å². The molecule has 1 saturated heterocycles. The van der Waals surface area contributed by atoms with Gasteiger partial charge >= 0.3 is 6.03 Å². The van der Waals surface area contributed by atoms with Gasteiger partial charge < -0.3 is 20.3 Å². The van der Waals surface area contributed by atoms with E-state index in [1.54, 1.807) is 34.2 Å². The van der Waals surface area contributed by atoms with Gasteiger partial charge in [-0.25, -0.2) is 14.8 Å². The molecule has 11 heteroatoms. The number of anilines is 2. The number of aromatic nitrogens is 2. The van der Waals surface area contributed by atoms with E-state index in [0.717, 1.165) is 18.4 Å². The highest BCUT2D eigenvalue weighted by Gasteiger charge is 2.47. The number of amides is 4. The molecule has 3 aliphatic rings. The summed E-state index contributed by atoms with van der Waals surface area (Å²) >= 11 is 1.34. The van der Waals surface area contributed by atoms with Crippen LogP contribution in [0.4, 0.5) is 16.2 Å². The van der Waals surface area contributed by atoms with Gasteiger partial charge in [0, 0.05) is 37.0 Å². The Morgan fingerprint density at radius 1 is 1.18 bits per heavy atom. The van der Waals surface area contributed by atoms with Gasteiger partial charge in [0.1, 0.15) is 16.0 Å². The Bertz CT molecular complexity index is 1500. The molecule has 10 nitrogen and oxygen atoms in total. The standard InChI is InChI=1S/C29H28N6O4S/c1-3-23(36)34-15-7-8-18(16-34)32-27(37)26-25-24-21(13-14-30-28(24)40-26)35(29(38)33-25)20-11-12-22(31-17(20)2)39-19-9-5-4-6-10-19/h3-6,9-14,18,25-26H,1,7-8,15-16H2,2H3,(H,32,37)(H,33,38)/t18?,25?,26-/m1/s1. The number of rotatable bonds is 6. The van der Waals surface area contributed by atoms with Crippen LogP contribution in [0.3, 0.4) is 0 Å². The fourth-order valence-electron chi connectivity index (χ4n) is 5.40. The zero-order valence-electron chi connectivity index (χ0n) is 21.9. The Morgan fingerprint density at radius 2 is 2.00 bits per heavy atom. The first kappa shape index (κ1) is 25.9. The van der Waals surface area contributed by atoms with E-state index in [1.807, 2.05) is 37.3 Å². The molecule has 1 fully saturated rings. The Kier molecular flexibility index (Phi) is 6.89. The minimum atomic E-state index is -0.582. The van der Waals surface area contributed by atoms with Gasteiger partial charge in [0.05, 0.1) is 23.1 Å². The van der Waals surface area contributed by atoms with E-state index in [4.69, 9.17) is 4.74 Å². The first-order valence-corrected chi connectivity index (χ1v) is 14.0. The minimum absolute atomic E-state index is 0.139. The minimum Gasteiger partial charge on any atom is -0.439 e. The summed E-state index contributed by atoms with van der Waals surface area (Å²) in [4.78, 5) is 51.4. The van der Waals surface area contributed by atoms with Crippen LogP contribution in [0.2, 0.25) is 0 Å². The lowest BCUT2D eigenvalue weighted by Gasteiger charge is -2.36. The van der Waals surface area contributed by atoms with E-state index >= 15 is 0 Å². The van der Waals surface area contributed by atoms with Crippen molar-refractivity contribution in [2.75, 3.05) is 18.0 Å². The Hall–Kier alpha value is -4.38. The summed E-state index contributed by atoms with van der Waals surface area (Å²) in [5.74, 6) is 0.763. The van der Waals surface area contributed by atoms with Crippen LogP contribution < -0.4 is 20.3 Å². The molecule has 0 spiro atoms. The third kappa shape index (κ3) is 4.77. The van der Waals surface area contributed by atoms with Crippen LogP contribution in [0.5, 0.6) is 11.6 Å². The van der Waals surface area contributed by atoms with Crippen LogP contribution in [-0.2, 0) is 9.59 Å². The number of hydrogen-bond acceptors (Lipinski definition) is 7. The zero-order chi connectivity index (χ0) is 27.8. The van der Waals surface area contributed by atoms with E-state index in [2.05, 4.69) is 27.2 Å². The number of ether oxygens (including phenoxy) is 1. The summed E-state index contributed by atoms with van der Waals surface area (Å²) in [5.41, 5.74) is 2.70. The maximum atomic E-state index is 13.5. The summed E-state index contributed by atoms with van der Waals surface area (Å²) in [6.45, 7) is 6.47. The van der Waals surface area contributed by atoms with Crippen molar-refractivity contribution in [3.05, 3.63) is 78.6 Å². The third-order valence-corrected chi connectivity index (χ3v) is 8.55. The lowest BCUT2D eigenvalue weighted by atomic mass is 9.99. The van der Waals surface area contributed by atoms with E-state index < -0.39 is 11.3 Å². The van der Waals surface area contributed by atoms with Crippen molar-refractivity contribution in [2.45, 2.75) is 42.1 Å². The van der Waals surface area contributed by atoms with Crippen LogP contribution >= 0.6 is 11.8 Å². The maximum absolute atomic E-state index is 13.5. The van der Waals surface area contributed by atoms with Gasteiger partial charge in [-0.2, -0.15) is 0 Å². The molecule has 0 bridgehead atoms. The number of benzene rings is 1. The highest BCUT2D eigenvalue weighted by Crippen LogP contribution is 2.50. The Morgan fingerprint density at radius 3 is 2.77 bits per heavy atom. The van der Waals surface area contributed by atoms with Gasteiger partial charge in [0.25, 0.3) is 0 Å². The average Bonchev–Trinajstić information content (AvgIpc) is 3.33.